The summed E-state index contributed by atoms with van der Waals surface area (Å²) in [6, 6.07) is 1.80. The van der Waals surface area contributed by atoms with Gasteiger partial charge in [-0.1, -0.05) is 0 Å². The summed E-state index contributed by atoms with van der Waals surface area (Å²) >= 11 is 0. The number of nitrogens with zero attached hydrogens (tertiary/aromatic N) is 1. The van der Waals surface area contributed by atoms with Crippen molar-refractivity contribution in [3.05, 3.63) is 0 Å². The van der Waals surface area contributed by atoms with Crippen molar-refractivity contribution in [2.75, 3.05) is 6.61 Å². The van der Waals surface area contributed by atoms with Gasteiger partial charge in [0.2, 0.25) is 0 Å². The van der Waals surface area contributed by atoms with Gasteiger partial charge in [-0.25, -0.2) is 0 Å². The molecule has 0 aromatic carbocycles. The molecular weight excluding hydrogens is 146 g/mol. The van der Waals surface area contributed by atoms with Crippen LogP contribution in [0.4, 0.5) is 0 Å². The summed E-state index contributed by atoms with van der Waals surface area (Å²) in [6.45, 7) is 2.15. The third-order valence-corrected chi connectivity index (χ3v) is 1.16. The lowest BCUT2D eigenvalue weighted by atomic mass is 10.2. The normalized spacial score (nSPS) is 15.5. The van der Waals surface area contributed by atoms with Gasteiger partial charge in [0.25, 0.3) is 0 Å². The van der Waals surface area contributed by atoms with Crippen molar-refractivity contribution in [3.63, 3.8) is 0 Å². The van der Waals surface area contributed by atoms with E-state index in [1.165, 1.54) is 0 Å². The molecule has 64 valence electrons. The Hall–Kier alpha value is -0.630. The molecule has 0 saturated carbocycles. The van der Waals surface area contributed by atoms with E-state index in [9.17, 15) is 0 Å². The Balaban J connectivity index is 3.41. The molecule has 0 aromatic heterocycles. The molecule has 0 spiro atoms. The maximum atomic E-state index is 8.98. The van der Waals surface area contributed by atoms with Gasteiger partial charge in [-0.2, -0.15) is 5.26 Å². The molecule has 0 fully saturated rings. The monoisotopic (exact) mass is 159 g/mol. The summed E-state index contributed by atoms with van der Waals surface area (Å²) in [7, 11) is 0. The predicted octanol–water partition coefficient (Wildman–Crippen LogP) is 0.00598. The molecule has 0 aliphatic rings. The SMILES string of the molecule is CCOC(O)CC(O)CC#N. The van der Waals surface area contributed by atoms with Crippen molar-refractivity contribution < 1.29 is 14.9 Å². The Morgan fingerprint density at radius 3 is 2.64 bits per heavy atom. The van der Waals surface area contributed by atoms with E-state index >= 15 is 0 Å². The maximum Gasteiger partial charge on any atom is 0.157 e. The van der Waals surface area contributed by atoms with Crippen molar-refractivity contribution in [1.82, 2.24) is 0 Å². The van der Waals surface area contributed by atoms with Crippen LogP contribution in [0.15, 0.2) is 0 Å². The van der Waals surface area contributed by atoms with Crippen molar-refractivity contribution in [1.29, 1.82) is 5.26 Å². The Morgan fingerprint density at radius 2 is 2.18 bits per heavy atom. The Morgan fingerprint density at radius 1 is 1.55 bits per heavy atom. The van der Waals surface area contributed by atoms with E-state index in [0.717, 1.165) is 0 Å². The van der Waals surface area contributed by atoms with Gasteiger partial charge < -0.3 is 14.9 Å². The van der Waals surface area contributed by atoms with Crippen LogP contribution in [0.2, 0.25) is 0 Å². The zero-order valence-electron chi connectivity index (χ0n) is 6.53. The van der Waals surface area contributed by atoms with E-state index in [4.69, 9.17) is 20.2 Å². The highest BCUT2D eigenvalue weighted by atomic mass is 16.6. The van der Waals surface area contributed by atoms with E-state index in [-0.39, 0.29) is 12.8 Å². The van der Waals surface area contributed by atoms with Crippen molar-refractivity contribution in [2.45, 2.75) is 32.2 Å². The molecule has 0 radical (unpaired) electrons. The quantitative estimate of drug-likeness (QED) is 0.554. The van der Waals surface area contributed by atoms with Gasteiger partial charge in [0, 0.05) is 13.0 Å². The second-order valence-electron chi connectivity index (χ2n) is 2.16. The Bertz CT molecular complexity index is 132. The van der Waals surface area contributed by atoms with Crippen LogP contribution in [0.1, 0.15) is 19.8 Å². The van der Waals surface area contributed by atoms with Crippen LogP contribution >= 0.6 is 0 Å². The molecular formula is C7H13NO3. The zero-order valence-corrected chi connectivity index (χ0v) is 6.53. The van der Waals surface area contributed by atoms with Gasteiger partial charge in [-0.3, -0.25) is 0 Å². The Labute approximate surface area is 66.0 Å². The highest BCUT2D eigenvalue weighted by Crippen LogP contribution is 2.02. The molecule has 0 amide bonds. The first-order valence-electron chi connectivity index (χ1n) is 3.55. The average molecular weight is 159 g/mol. The minimum Gasteiger partial charge on any atom is -0.392 e. The third-order valence-electron chi connectivity index (χ3n) is 1.16. The molecule has 0 aromatic rings. The minimum atomic E-state index is -0.955. The fourth-order valence-electron chi connectivity index (χ4n) is 0.682. The summed E-state index contributed by atoms with van der Waals surface area (Å²) in [5, 5.41) is 26.1. The highest BCUT2D eigenvalue weighted by Gasteiger charge is 2.10. The fourth-order valence-corrected chi connectivity index (χ4v) is 0.682. The van der Waals surface area contributed by atoms with E-state index in [1.807, 2.05) is 0 Å². The summed E-state index contributed by atoms with van der Waals surface area (Å²) in [6.07, 6.45) is -1.61. The van der Waals surface area contributed by atoms with Crippen LogP contribution < -0.4 is 0 Å². The van der Waals surface area contributed by atoms with Crippen LogP contribution in [-0.4, -0.2) is 29.2 Å². The molecule has 0 bridgehead atoms. The number of nitriles is 1. The zero-order chi connectivity index (χ0) is 8.69. The summed E-state index contributed by atoms with van der Waals surface area (Å²) in [4.78, 5) is 0. The van der Waals surface area contributed by atoms with E-state index in [1.54, 1.807) is 13.0 Å². The lowest BCUT2D eigenvalue weighted by Crippen LogP contribution is -2.19. The largest absolute Gasteiger partial charge is 0.392 e. The van der Waals surface area contributed by atoms with Gasteiger partial charge >= 0.3 is 0 Å². The lowest BCUT2D eigenvalue weighted by molar-refractivity contribution is -0.115. The predicted molar refractivity (Wildman–Crippen MR) is 38.5 cm³/mol. The van der Waals surface area contributed by atoms with Gasteiger partial charge in [-0.15, -0.1) is 0 Å². The summed E-state index contributed by atoms with van der Waals surface area (Å²) in [5.74, 6) is 0. The molecule has 4 heteroatoms. The van der Waals surface area contributed by atoms with E-state index in [0.29, 0.717) is 6.61 Å². The van der Waals surface area contributed by atoms with E-state index < -0.39 is 12.4 Å². The number of aliphatic hydroxyl groups excluding tert-OH is 2. The topological polar surface area (TPSA) is 73.5 Å². The number of aliphatic hydroxyl groups is 2. The smallest absolute Gasteiger partial charge is 0.157 e. The van der Waals surface area contributed by atoms with Crippen LogP contribution in [0.5, 0.6) is 0 Å². The second kappa shape index (κ2) is 6.10. The van der Waals surface area contributed by atoms with Crippen LogP contribution in [0.25, 0.3) is 0 Å². The molecule has 2 unspecified atom stereocenters. The minimum absolute atomic E-state index is 0.0319. The molecule has 2 N–H and O–H groups in total. The number of ether oxygens (including phenoxy) is 1. The Kier molecular flexibility index (Phi) is 5.75. The molecule has 2 atom stereocenters. The van der Waals surface area contributed by atoms with Gasteiger partial charge in [0.15, 0.2) is 6.29 Å². The van der Waals surface area contributed by atoms with E-state index in [2.05, 4.69) is 0 Å². The van der Waals surface area contributed by atoms with Crippen molar-refractivity contribution >= 4 is 0 Å². The molecule has 0 aliphatic carbocycles. The van der Waals surface area contributed by atoms with Crippen LogP contribution in [-0.2, 0) is 4.74 Å². The first-order chi connectivity index (χ1) is 5.20. The third kappa shape index (κ3) is 5.80. The van der Waals surface area contributed by atoms with Gasteiger partial charge in [-0.05, 0) is 6.92 Å². The summed E-state index contributed by atoms with van der Waals surface area (Å²) < 4.78 is 4.74. The number of hydrogen-bond donors (Lipinski definition) is 2. The molecule has 0 rings (SSSR count). The molecule has 11 heavy (non-hydrogen) atoms. The second-order valence-corrected chi connectivity index (χ2v) is 2.16. The summed E-state index contributed by atoms with van der Waals surface area (Å²) in [5.41, 5.74) is 0. The highest BCUT2D eigenvalue weighted by molar-refractivity contribution is 4.75. The first kappa shape index (κ1) is 10.4. The number of rotatable bonds is 5. The molecule has 4 nitrogen and oxygen atoms in total. The molecule has 0 aliphatic heterocycles. The van der Waals surface area contributed by atoms with Crippen molar-refractivity contribution in [2.24, 2.45) is 0 Å². The van der Waals surface area contributed by atoms with Crippen molar-refractivity contribution in [3.8, 4) is 6.07 Å². The van der Waals surface area contributed by atoms with Crippen LogP contribution in [0.3, 0.4) is 0 Å². The maximum absolute atomic E-state index is 8.98. The first-order valence-corrected chi connectivity index (χ1v) is 3.55. The molecule has 0 heterocycles. The van der Waals surface area contributed by atoms with Gasteiger partial charge in [0.05, 0.1) is 18.6 Å². The van der Waals surface area contributed by atoms with Crippen LogP contribution in [0, 0.1) is 11.3 Å². The fraction of sp³-hybridized carbons (Fsp3) is 0.857. The molecule has 0 saturated heterocycles. The lowest BCUT2D eigenvalue weighted by Gasteiger charge is -2.12. The standard InChI is InChI=1S/C7H13NO3/c1-2-11-7(10)5-6(9)3-4-8/h6-7,9-10H,2-3,5H2,1H3. The van der Waals surface area contributed by atoms with Gasteiger partial charge in [0.1, 0.15) is 0 Å². The number of hydrogen-bond acceptors (Lipinski definition) is 4. The average Bonchev–Trinajstić information content (AvgIpc) is 1.87.